The first-order chi connectivity index (χ1) is 12.6. The van der Waals surface area contributed by atoms with Gasteiger partial charge in [-0.15, -0.1) is 11.3 Å². The summed E-state index contributed by atoms with van der Waals surface area (Å²) >= 11 is 1.54. The van der Waals surface area contributed by atoms with Gasteiger partial charge >= 0.3 is 5.97 Å². The van der Waals surface area contributed by atoms with E-state index < -0.39 is 11.5 Å². The number of thiophene rings is 1. The van der Waals surface area contributed by atoms with E-state index in [0.29, 0.717) is 10.6 Å². The molecular formula is C20H24N2O3S. The van der Waals surface area contributed by atoms with Crippen LogP contribution in [-0.2, 0) is 27.2 Å². The van der Waals surface area contributed by atoms with Crippen LogP contribution >= 0.6 is 11.3 Å². The average molecular weight is 372 g/mol. The molecule has 0 radical (unpaired) electrons. The van der Waals surface area contributed by atoms with Crippen molar-refractivity contribution >= 4 is 28.2 Å². The van der Waals surface area contributed by atoms with Crippen molar-refractivity contribution in [1.29, 1.82) is 5.26 Å². The van der Waals surface area contributed by atoms with Gasteiger partial charge in [-0.3, -0.25) is 9.59 Å². The molecule has 1 amide bonds. The summed E-state index contributed by atoms with van der Waals surface area (Å²) in [5.41, 5.74) is 1.13. The van der Waals surface area contributed by atoms with E-state index in [9.17, 15) is 14.9 Å². The second-order valence-electron chi connectivity index (χ2n) is 7.73. The highest BCUT2D eigenvalue weighted by Crippen LogP contribution is 2.45. The third-order valence-electron chi connectivity index (χ3n) is 6.11. The molecule has 5 nitrogen and oxygen atoms in total. The zero-order chi connectivity index (χ0) is 18.1. The molecule has 3 aliphatic rings. The Morgan fingerprint density at radius 2 is 1.88 bits per heavy atom. The van der Waals surface area contributed by atoms with Crippen LogP contribution < -0.4 is 5.32 Å². The first-order valence-electron chi connectivity index (χ1n) is 9.70. The number of anilines is 1. The van der Waals surface area contributed by atoms with E-state index in [1.165, 1.54) is 11.3 Å². The average Bonchev–Trinajstić information content (AvgIpc) is 3.02. The van der Waals surface area contributed by atoms with Gasteiger partial charge in [0, 0.05) is 4.88 Å². The van der Waals surface area contributed by atoms with Crippen LogP contribution in [0.5, 0.6) is 0 Å². The third kappa shape index (κ3) is 3.03. The highest BCUT2D eigenvalue weighted by Gasteiger charge is 2.53. The fourth-order valence-corrected chi connectivity index (χ4v) is 6.02. The Balaban J connectivity index is 1.58. The number of aryl methyl sites for hydroxylation is 1. The number of carbonyl (C=O) groups is 2. The zero-order valence-corrected chi connectivity index (χ0v) is 15.8. The molecule has 26 heavy (non-hydrogen) atoms. The standard InChI is InChI=1S/C20H24N2O3S/c21-12-14-13-7-3-1-4-8-16(13)26-19(14)22-18(24)15-11-17(23)25-20(15)9-5-2-6-10-20/h15H,1-11H2,(H,22,24)/t15-/m0/s1. The van der Waals surface area contributed by atoms with Gasteiger partial charge in [0.1, 0.15) is 16.7 Å². The molecule has 1 saturated carbocycles. The van der Waals surface area contributed by atoms with E-state index in [1.807, 2.05) is 0 Å². The molecule has 1 spiro atoms. The number of nitrogens with one attached hydrogen (secondary N) is 1. The predicted molar refractivity (Wildman–Crippen MR) is 98.9 cm³/mol. The molecule has 2 heterocycles. The summed E-state index contributed by atoms with van der Waals surface area (Å²) in [5, 5.41) is 13.3. The van der Waals surface area contributed by atoms with E-state index in [0.717, 1.165) is 63.4 Å². The monoisotopic (exact) mass is 372 g/mol. The number of carbonyl (C=O) groups excluding carboxylic acids is 2. The molecule has 1 aromatic heterocycles. The molecule has 0 unspecified atom stereocenters. The van der Waals surface area contributed by atoms with E-state index in [4.69, 9.17) is 4.74 Å². The number of nitriles is 1. The Morgan fingerprint density at radius 1 is 1.15 bits per heavy atom. The number of rotatable bonds is 2. The number of ether oxygens (including phenoxy) is 1. The molecule has 2 fully saturated rings. The number of hydrogen-bond acceptors (Lipinski definition) is 5. The van der Waals surface area contributed by atoms with Crippen LogP contribution in [0.25, 0.3) is 0 Å². The minimum atomic E-state index is -0.624. The lowest BCUT2D eigenvalue weighted by atomic mass is 9.75. The molecule has 6 heteroatoms. The van der Waals surface area contributed by atoms with Gasteiger partial charge in [-0.25, -0.2) is 0 Å². The summed E-state index contributed by atoms with van der Waals surface area (Å²) in [5.74, 6) is -0.871. The highest BCUT2D eigenvalue weighted by atomic mass is 32.1. The first-order valence-corrected chi connectivity index (χ1v) is 10.5. The molecule has 1 saturated heterocycles. The lowest BCUT2D eigenvalue weighted by molar-refractivity contribution is -0.153. The number of fused-ring (bicyclic) bond motifs is 1. The lowest BCUT2D eigenvalue weighted by Crippen LogP contribution is -2.43. The Kier molecular flexibility index (Phi) is 4.74. The molecule has 1 atom stereocenters. The molecule has 4 rings (SSSR count). The van der Waals surface area contributed by atoms with Gasteiger partial charge in [-0.1, -0.05) is 12.8 Å². The van der Waals surface area contributed by atoms with Crippen molar-refractivity contribution in [2.24, 2.45) is 5.92 Å². The molecule has 0 aromatic carbocycles. The Morgan fingerprint density at radius 3 is 2.65 bits per heavy atom. The number of amides is 1. The summed E-state index contributed by atoms with van der Waals surface area (Å²) in [6, 6.07) is 2.30. The van der Waals surface area contributed by atoms with Crippen LogP contribution in [-0.4, -0.2) is 17.5 Å². The van der Waals surface area contributed by atoms with Crippen LogP contribution in [0.3, 0.4) is 0 Å². The number of esters is 1. The second-order valence-corrected chi connectivity index (χ2v) is 8.83. The Bertz CT molecular complexity index is 771. The largest absolute Gasteiger partial charge is 0.458 e. The molecule has 2 aliphatic carbocycles. The maximum Gasteiger partial charge on any atom is 0.307 e. The highest BCUT2D eigenvalue weighted by molar-refractivity contribution is 7.16. The first kappa shape index (κ1) is 17.5. The van der Waals surface area contributed by atoms with E-state index >= 15 is 0 Å². The van der Waals surface area contributed by atoms with Crippen LogP contribution in [0.15, 0.2) is 0 Å². The smallest absolute Gasteiger partial charge is 0.307 e. The van der Waals surface area contributed by atoms with Gasteiger partial charge in [-0.05, 0) is 56.9 Å². The van der Waals surface area contributed by atoms with Crippen molar-refractivity contribution < 1.29 is 14.3 Å². The summed E-state index contributed by atoms with van der Waals surface area (Å²) in [7, 11) is 0. The number of nitrogens with zero attached hydrogens (tertiary/aromatic N) is 1. The van der Waals surface area contributed by atoms with E-state index in [-0.39, 0.29) is 18.3 Å². The molecule has 1 N–H and O–H groups in total. The minimum Gasteiger partial charge on any atom is -0.458 e. The van der Waals surface area contributed by atoms with Crippen molar-refractivity contribution in [1.82, 2.24) is 0 Å². The van der Waals surface area contributed by atoms with Crippen molar-refractivity contribution in [2.45, 2.75) is 76.2 Å². The molecule has 138 valence electrons. The Labute approximate surface area is 157 Å². The summed E-state index contributed by atoms with van der Waals surface area (Å²) in [6.45, 7) is 0. The van der Waals surface area contributed by atoms with Gasteiger partial charge in [0.05, 0.1) is 17.9 Å². The van der Waals surface area contributed by atoms with Crippen LogP contribution in [0.4, 0.5) is 5.00 Å². The van der Waals surface area contributed by atoms with Crippen LogP contribution in [0, 0.1) is 17.2 Å². The lowest BCUT2D eigenvalue weighted by Gasteiger charge is -2.35. The molecule has 1 aromatic rings. The maximum absolute atomic E-state index is 13.0. The van der Waals surface area contributed by atoms with E-state index in [1.54, 1.807) is 11.3 Å². The second kappa shape index (κ2) is 7.03. The van der Waals surface area contributed by atoms with Crippen molar-refractivity contribution in [3.63, 3.8) is 0 Å². The molecular weight excluding hydrogens is 348 g/mol. The van der Waals surface area contributed by atoms with Crippen LogP contribution in [0.2, 0.25) is 0 Å². The van der Waals surface area contributed by atoms with Crippen molar-refractivity contribution in [3.8, 4) is 6.07 Å². The predicted octanol–water partition coefficient (Wildman–Crippen LogP) is 4.09. The van der Waals surface area contributed by atoms with Gasteiger partial charge in [0.15, 0.2) is 0 Å². The topological polar surface area (TPSA) is 79.2 Å². The minimum absolute atomic E-state index is 0.152. The van der Waals surface area contributed by atoms with Gasteiger partial charge < -0.3 is 10.1 Å². The summed E-state index contributed by atoms with van der Waals surface area (Å²) < 4.78 is 5.65. The maximum atomic E-state index is 13.0. The third-order valence-corrected chi connectivity index (χ3v) is 7.32. The van der Waals surface area contributed by atoms with E-state index in [2.05, 4.69) is 11.4 Å². The quantitative estimate of drug-likeness (QED) is 0.626. The summed E-state index contributed by atoms with van der Waals surface area (Å²) in [4.78, 5) is 26.2. The summed E-state index contributed by atoms with van der Waals surface area (Å²) in [6.07, 6.45) is 10.1. The normalized spacial score (nSPS) is 24.4. The van der Waals surface area contributed by atoms with Gasteiger partial charge in [0.25, 0.3) is 0 Å². The van der Waals surface area contributed by atoms with Crippen molar-refractivity contribution in [3.05, 3.63) is 16.0 Å². The SMILES string of the molecule is N#Cc1c(NC(=O)[C@@H]2CC(=O)OC23CCCCC3)sc2c1CCCCC2. The van der Waals surface area contributed by atoms with Crippen molar-refractivity contribution in [2.75, 3.05) is 5.32 Å². The molecule has 1 aliphatic heterocycles. The van der Waals surface area contributed by atoms with Gasteiger partial charge in [0.2, 0.25) is 5.91 Å². The fraction of sp³-hybridized carbons (Fsp3) is 0.650. The van der Waals surface area contributed by atoms with Gasteiger partial charge in [-0.2, -0.15) is 5.26 Å². The fourth-order valence-electron chi connectivity index (χ4n) is 4.77. The van der Waals surface area contributed by atoms with Crippen LogP contribution in [0.1, 0.15) is 73.8 Å². The number of hydrogen-bond donors (Lipinski definition) is 1. The zero-order valence-electron chi connectivity index (χ0n) is 14.9. The molecule has 0 bridgehead atoms. The Hall–Kier alpha value is -1.87.